The SMILES string of the molecule is CCOC(=O)c1ccc(-n2ncc3cc(Nc4ccc(N5CCC(O)CC5)cc4)ccc32)cc1. The van der Waals surface area contributed by atoms with Crippen molar-refractivity contribution >= 4 is 33.9 Å². The summed E-state index contributed by atoms with van der Waals surface area (Å²) in [6, 6.07) is 21.8. The first-order chi connectivity index (χ1) is 16.6. The Morgan fingerprint density at radius 3 is 2.38 bits per heavy atom. The van der Waals surface area contributed by atoms with Gasteiger partial charge in [-0.25, -0.2) is 9.48 Å². The van der Waals surface area contributed by atoms with Gasteiger partial charge in [-0.3, -0.25) is 0 Å². The minimum Gasteiger partial charge on any atom is -0.462 e. The number of hydrogen-bond donors (Lipinski definition) is 2. The normalized spacial score (nSPS) is 14.4. The summed E-state index contributed by atoms with van der Waals surface area (Å²) >= 11 is 0. The van der Waals surface area contributed by atoms with E-state index in [1.165, 1.54) is 5.69 Å². The number of rotatable bonds is 6. The van der Waals surface area contributed by atoms with Crippen LogP contribution in [0, 0.1) is 0 Å². The van der Waals surface area contributed by atoms with Gasteiger partial charge in [0.1, 0.15) is 0 Å². The van der Waals surface area contributed by atoms with Crippen molar-refractivity contribution in [3.05, 3.63) is 78.5 Å². The molecule has 1 aliphatic rings. The largest absolute Gasteiger partial charge is 0.462 e. The van der Waals surface area contributed by atoms with Gasteiger partial charge >= 0.3 is 5.97 Å². The molecule has 0 radical (unpaired) electrons. The van der Waals surface area contributed by atoms with E-state index in [1.54, 1.807) is 19.1 Å². The topological polar surface area (TPSA) is 79.6 Å². The van der Waals surface area contributed by atoms with Crippen molar-refractivity contribution in [2.75, 3.05) is 29.9 Å². The lowest BCUT2D eigenvalue weighted by Gasteiger charge is -2.31. The van der Waals surface area contributed by atoms with Gasteiger partial charge in [0.25, 0.3) is 0 Å². The molecule has 0 aliphatic carbocycles. The number of esters is 1. The molecule has 1 fully saturated rings. The number of aliphatic hydroxyl groups is 1. The van der Waals surface area contributed by atoms with E-state index in [2.05, 4.69) is 45.6 Å². The van der Waals surface area contributed by atoms with Crippen molar-refractivity contribution in [3.63, 3.8) is 0 Å². The number of fused-ring (bicyclic) bond motifs is 1. The molecular weight excluding hydrogens is 428 g/mol. The fourth-order valence-electron chi connectivity index (χ4n) is 4.32. The Kier molecular flexibility index (Phi) is 6.18. The maximum atomic E-state index is 11.9. The van der Waals surface area contributed by atoms with E-state index >= 15 is 0 Å². The smallest absolute Gasteiger partial charge is 0.338 e. The van der Waals surface area contributed by atoms with E-state index in [1.807, 2.05) is 35.1 Å². The van der Waals surface area contributed by atoms with Crippen LogP contribution in [-0.4, -0.2) is 46.7 Å². The van der Waals surface area contributed by atoms with Gasteiger partial charge in [0.05, 0.1) is 35.7 Å². The zero-order valence-electron chi connectivity index (χ0n) is 19.1. The molecule has 0 spiro atoms. The fourth-order valence-corrected chi connectivity index (χ4v) is 4.32. The van der Waals surface area contributed by atoms with Crippen molar-refractivity contribution in [1.82, 2.24) is 9.78 Å². The van der Waals surface area contributed by atoms with E-state index in [0.29, 0.717) is 12.2 Å². The molecule has 5 rings (SSSR count). The number of benzene rings is 3. The standard InChI is InChI=1S/C27H28N4O3/c1-2-34-27(33)19-3-8-24(9-4-19)31-26-12-7-22(17-20(26)18-28-31)29-21-5-10-23(11-6-21)30-15-13-25(32)14-16-30/h3-12,17-18,25,29,32H,2,13-16H2,1H3. The van der Waals surface area contributed by atoms with E-state index < -0.39 is 0 Å². The molecule has 1 saturated heterocycles. The maximum Gasteiger partial charge on any atom is 0.338 e. The van der Waals surface area contributed by atoms with Crippen molar-refractivity contribution < 1.29 is 14.6 Å². The lowest BCUT2D eigenvalue weighted by atomic mass is 10.1. The molecular formula is C27H28N4O3. The second kappa shape index (κ2) is 9.57. The van der Waals surface area contributed by atoms with E-state index in [-0.39, 0.29) is 12.1 Å². The highest BCUT2D eigenvalue weighted by Gasteiger charge is 2.17. The molecule has 0 bridgehead atoms. The molecule has 4 aromatic rings. The quantitative estimate of drug-likeness (QED) is 0.402. The molecule has 0 unspecified atom stereocenters. The summed E-state index contributed by atoms with van der Waals surface area (Å²) in [5, 5.41) is 18.7. The summed E-state index contributed by atoms with van der Waals surface area (Å²) < 4.78 is 6.91. The second-order valence-corrected chi connectivity index (χ2v) is 8.49. The molecule has 7 nitrogen and oxygen atoms in total. The van der Waals surface area contributed by atoms with Crippen LogP contribution in [0.1, 0.15) is 30.1 Å². The number of carbonyl (C=O) groups is 1. The Morgan fingerprint density at radius 1 is 1.00 bits per heavy atom. The summed E-state index contributed by atoms with van der Waals surface area (Å²) in [6.45, 7) is 3.93. The molecule has 1 aromatic heterocycles. The number of nitrogens with one attached hydrogen (secondary N) is 1. The van der Waals surface area contributed by atoms with Gasteiger partial charge in [-0.1, -0.05) is 0 Å². The number of piperidine rings is 1. The molecule has 34 heavy (non-hydrogen) atoms. The number of ether oxygens (including phenoxy) is 1. The van der Waals surface area contributed by atoms with Gasteiger partial charge in [0.2, 0.25) is 0 Å². The van der Waals surface area contributed by atoms with Crippen LogP contribution in [0.25, 0.3) is 16.6 Å². The zero-order chi connectivity index (χ0) is 23.5. The van der Waals surface area contributed by atoms with Crippen LogP contribution in [0.5, 0.6) is 0 Å². The lowest BCUT2D eigenvalue weighted by Crippen LogP contribution is -2.35. The highest BCUT2D eigenvalue weighted by molar-refractivity contribution is 5.90. The van der Waals surface area contributed by atoms with Gasteiger partial charge < -0.3 is 20.1 Å². The Morgan fingerprint density at radius 2 is 1.68 bits per heavy atom. The zero-order valence-corrected chi connectivity index (χ0v) is 19.1. The third-order valence-corrected chi connectivity index (χ3v) is 6.18. The Labute approximate surface area is 198 Å². The number of aromatic nitrogens is 2. The molecule has 2 heterocycles. The van der Waals surface area contributed by atoms with Gasteiger partial charge in [0.15, 0.2) is 0 Å². The first kappa shape index (κ1) is 22.0. The molecule has 0 saturated carbocycles. The Hall–Kier alpha value is -3.84. The van der Waals surface area contributed by atoms with Crippen LogP contribution < -0.4 is 10.2 Å². The van der Waals surface area contributed by atoms with E-state index in [4.69, 9.17) is 4.74 Å². The monoisotopic (exact) mass is 456 g/mol. The van der Waals surface area contributed by atoms with Crippen LogP contribution in [-0.2, 0) is 4.74 Å². The van der Waals surface area contributed by atoms with E-state index in [0.717, 1.165) is 53.9 Å². The van der Waals surface area contributed by atoms with Crippen molar-refractivity contribution in [1.29, 1.82) is 0 Å². The summed E-state index contributed by atoms with van der Waals surface area (Å²) in [5.74, 6) is -0.321. The molecule has 174 valence electrons. The number of hydrogen-bond acceptors (Lipinski definition) is 6. The fraction of sp³-hybridized carbons (Fsp3) is 0.259. The summed E-state index contributed by atoms with van der Waals surface area (Å²) in [4.78, 5) is 14.2. The maximum absolute atomic E-state index is 11.9. The van der Waals surface area contributed by atoms with Crippen molar-refractivity contribution in [3.8, 4) is 5.69 Å². The highest BCUT2D eigenvalue weighted by atomic mass is 16.5. The summed E-state index contributed by atoms with van der Waals surface area (Å²) in [7, 11) is 0. The van der Waals surface area contributed by atoms with Crippen LogP contribution in [0.2, 0.25) is 0 Å². The first-order valence-corrected chi connectivity index (χ1v) is 11.7. The number of anilines is 3. The predicted molar refractivity (Wildman–Crippen MR) is 134 cm³/mol. The van der Waals surface area contributed by atoms with Crippen LogP contribution in [0.3, 0.4) is 0 Å². The molecule has 2 N–H and O–H groups in total. The van der Waals surface area contributed by atoms with E-state index in [9.17, 15) is 9.90 Å². The first-order valence-electron chi connectivity index (χ1n) is 11.7. The van der Waals surface area contributed by atoms with Crippen molar-refractivity contribution in [2.24, 2.45) is 0 Å². The number of carbonyl (C=O) groups excluding carboxylic acids is 1. The minimum atomic E-state index is -0.321. The van der Waals surface area contributed by atoms with Gasteiger partial charge in [-0.05, 0) is 86.5 Å². The molecule has 0 atom stereocenters. The number of aliphatic hydroxyl groups excluding tert-OH is 1. The average Bonchev–Trinajstić information content (AvgIpc) is 3.29. The lowest BCUT2D eigenvalue weighted by molar-refractivity contribution is 0.0526. The molecule has 1 aliphatic heterocycles. The van der Waals surface area contributed by atoms with Crippen LogP contribution in [0.15, 0.2) is 72.9 Å². The van der Waals surface area contributed by atoms with Crippen LogP contribution in [0.4, 0.5) is 17.1 Å². The average molecular weight is 457 g/mol. The van der Waals surface area contributed by atoms with Crippen molar-refractivity contribution in [2.45, 2.75) is 25.9 Å². The van der Waals surface area contributed by atoms with Gasteiger partial charge in [0, 0.05) is 35.5 Å². The van der Waals surface area contributed by atoms with Crippen LogP contribution >= 0.6 is 0 Å². The third kappa shape index (κ3) is 4.61. The minimum absolute atomic E-state index is 0.166. The predicted octanol–water partition coefficient (Wildman–Crippen LogP) is 4.91. The Bertz CT molecular complexity index is 1270. The molecule has 0 amide bonds. The van der Waals surface area contributed by atoms with Gasteiger partial charge in [-0.2, -0.15) is 5.10 Å². The third-order valence-electron chi connectivity index (χ3n) is 6.18. The van der Waals surface area contributed by atoms with Gasteiger partial charge in [-0.15, -0.1) is 0 Å². The Balaban J connectivity index is 1.29. The molecule has 3 aromatic carbocycles. The summed E-state index contributed by atoms with van der Waals surface area (Å²) in [5.41, 5.74) is 5.57. The summed E-state index contributed by atoms with van der Waals surface area (Å²) in [6.07, 6.45) is 3.32. The number of nitrogens with zero attached hydrogens (tertiary/aromatic N) is 3. The molecule has 7 heteroatoms. The second-order valence-electron chi connectivity index (χ2n) is 8.49. The highest BCUT2D eigenvalue weighted by Crippen LogP contribution is 2.27.